The second-order valence-electron chi connectivity index (χ2n) is 3.39. The molecule has 0 amide bonds. The van der Waals surface area contributed by atoms with Crippen molar-refractivity contribution in [1.82, 2.24) is 5.16 Å². The van der Waals surface area contributed by atoms with Gasteiger partial charge in [-0.25, -0.2) is 4.39 Å². The Morgan fingerprint density at radius 3 is 2.88 bits per heavy atom. The number of rotatable bonds is 2. The van der Waals surface area contributed by atoms with Gasteiger partial charge in [-0.1, -0.05) is 11.2 Å². The van der Waals surface area contributed by atoms with E-state index in [-0.39, 0.29) is 0 Å². The SMILES string of the molecule is CC(O)c1cc(-c2cccc(Br)c2F)no1. The Balaban J connectivity index is 2.47. The molecule has 1 aromatic heterocycles. The van der Waals surface area contributed by atoms with E-state index in [0.29, 0.717) is 21.5 Å². The van der Waals surface area contributed by atoms with Crippen molar-refractivity contribution in [3.05, 3.63) is 40.3 Å². The van der Waals surface area contributed by atoms with Gasteiger partial charge < -0.3 is 9.63 Å². The molecular weight excluding hydrogens is 277 g/mol. The lowest BCUT2D eigenvalue weighted by Gasteiger charge is -1.99. The van der Waals surface area contributed by atoms with Gasteiger partial charge >= 0.3 is 0 Å². The minimum Gasteiger partial charge on any atom is -0.385 e. The molecule has 84 valence electrons. The zero-order chi connectivity index (χ0) is 11.7. The first-order valence-electron chi connectivity index (χ1n) is 4.68. The predicted octanol–water partition coefficient (Wildman–Crippen LogP) is 3.30. The third kappa shape index (κ3) is 2.01. The van der Waals surface area contributed by atoms with Crippen molar-refractivity contribution in [2.75, 3.05) is 0 Å². The number of aliphatic hydroxyl groups is 1. The summed E-state index contributed by atoms with van der Waals surface area (Å²) in [5, 5.41) is 13.0. The van der Waals surface area contributed by atoms with Crippen LogP contribution < -0.4 is 0 Å². The summed E-state index contributed by atoms with van der Waals surface area (Å²) in [5.41, 5.74) is 0.708. The van der Waals surface area contributed by atoms with Crippen LogP contribution >= 0.6 is 15.9 Å². The van der Waals surface area contributed by atoms with Crippen LogP contribution in [0.5, 0.6) is 0 Å². The lowest BCUT2D eigenvalue weighted by atomic mass is 10.1. The molecule has 0 aliphatic rings. The molecule has 0 saturated carbocycles. The summed E-state index contributed by atoms with van der Waals surface area (Å²) >= 11 is 3.10. The van der Waals surface area contributed by atoms with Crippen molar-refractivity contribution in [1.29, 1.82) is 0 Å². The summed E-state index contributed by atoms with van der Waals surface area (Å²) < 4.78 is 19.0. The molecule has 0 aliphatic heterocycles. The molecule has 5 heteroatoms. The van der Waals surface area contributed by atoms with Crippen molar-refractivity contribution in [2.45, 2.75) is 13.0 Å². The van der Waals surface area contributed by atoms with Crippen LogP contribution in [0.2, 0.25) is 0 Å². The van der Waals surface area contributed by atoms with E-state index in [1.807, 2.05) is 0 Å². The Kier molecular flexibility index (Phi) is 3.07. The third-order valence-corrected chi connectivity index (χ3v) is 2.78. The highest BCUT2D eigenvalue weighted by Gasteiger charge is 2.14. The molecule has 0 bridgehead atoms. The van der Waals surface area contributed by atoms with Crippen molar-refractivity contribution in [2.24, 2.45) is 0 Å². The molecule has 1 atom stereocenters. The van der Waals surface area contributed by atoms with E-state index >= 15 is 0 Å². The molecule has 0 radical (unpaired) electrons. The molecule has 1 heterocycles. The van der Waals surface area contributed by atoms with Crippen molar-refractivity contribution < 1.29 is 14.0 Å². The normalized spacial score (nSPS) is 12.8. The van der Waals surface area contributed by atoms with E-state index in [1.54, 1.807) is 25.1 Å². The Morgan fingerprint density at radius 1 is 1.50 bits per heavy atom. The Bertz CT molecular complexity index is 510. The van der Waals surface area contributed by atoms with Gasteiger partial charge in [0.15, 0.2) is 5.76 Å². The maximum absolute atomic E-state index is 13.7. The Hall–Kier alpha value is -1.20. The predicted molar refractivity (Wildman–Crippen MR) is 60.2 cm³/mol. The average Bonchev–Trinajstić information content (AvgIpc) is 2.71. The largest absolute Gasteiger partial charge is 0.385 e. The second-order valence-corrected chi connectivity index (χ2v) is 4.25. The van der Waals surface area contributed by atoms with Gasteiger partial charge in [-0.3, -0.25) is 0 Å². The van der Waals surface area contributed by atoms with Crippen LogP contribution in [0.25, 0.3) is 11.3 Å². The zero-order valence-electron chi connectivity index (χ0n) is 8.45. The van der Waals surface area contributed by atoms with Gasteiger partial charge in [0.2, 0.25) is 0 Å². The van der Waals surface area contributed by atoms with Crippen LogP contribution in [0.1, 0.15) is 18.8 Å². The summed E-state index contributed by atoms with van der Waals surface area (Å²) in [5.74, 6) is -0.0812. The quantitative estimate of drug-likeness (QED) is 0.921. The molecule has 16 heavy (non-hydrogen) atoms. The van der Waals surface area contributed by atoms with Gasteiger partial charge in [-0.2, -0.15) is 0 Å². The second kappa shape index (κ2) is 4.35. The number of nitrogens with zero attached hydrogens (tertiary/aromatic N) is 1. The van der Waals surface area contributed by atoms with Crippen molar-refractivity contribution >= 4 is 15.9 Å². The number of aliphatic hydroxyl groups excluding tert-OH is 1. The minimum absolute atomic E-state index is 0.314. The van der Waals surface area contributed by atoms with E-state index < -0.39 is 11.9 Å². The summed E-state index contributed by atoms with van der Waals surface area (Å²) in [6, 6.07) is 6.44. The number of halogens is 2. The van der Waals surface area contributed by atoms with E-state index in [4.69, 9.17) is 4.52 Å². The van der Waals surface area contributed by atoms with Gasteiger partial charge in [0.25, 0.3) is 0 Å². The fraction of sp³-hybridized carbons (Fsp3) is 0.182. The van der Waals surface area contributed by atoms with Crippen molar-refractivity contribution in [3.8, 4) is 11.3 Å². The molecule has 2 rings (SSSR count). The molecule has 1 N–H and O–H groups in total. The molecule has 1 aromatic carbocycles. The molecule has 1 unspecified atom stereocenters. The lowest BCUT2D eigenvalue weighted by Crippen LogP contribution is -1.86. The molecular formula is C11H9BrFNO2. The Morgan fingerprint density at radius 2 is 2.25 bits per heavy atom. The minimum atomic E-state index is -0.753. The van der Waals surface area contributed by atoms with Gasteiger partial charge in [0.05, 0.1) is 4.47 Å². The highest BCUT2D eigenvalue weighted by molar-refractivity contribution is 9.10. The fourth-order valence-electron chi connectivity index (χ4n) is 1.31. The highest BCUT2D eigenvalue weighted by atomic mass is 79.9. The topological polar surface area (TPSA) is 46.3 Å². The molecule has 3 nitrogen and oxygen atoms in total. The van der Waals surface area contributed by atoms with Gasteiger partial charge in [0, 0.05) is 11.6 Å². The number of benzene rings is 1. The van der Waals surface area contributed by atoms with E-state index in [0.717, 1.165) is 0 Å². The molecule has 2 aromatic rings. The van der Waals surface area contributed by atoms with Gasteiger partial charge in [-0.05, 0) is 35.0 Å². The summed E-state index contributed by atoms with van der Waals surface area (Å²) in [6.45, 7) is 1.56. The molecule has 0 fully saturated rings. The summed E-state index contributed by atoms with van der Waals surface area (Å²) in [7, 11) is 0. The maximum atomic E-state index is 13.7. The van der Waals surface area contributed by atoms with E-state index in [2.05, 4.69) is 21.1 Å². The van der Waals surface area contributed by atoms with Crippen LogP contribution in [-0.2, 0) is 0 Å². The van der Waals surface area contributed by atoms with Gasteiger partial charge in [-0.15, -0.1) is 0 Å². The molecule has 0 saturated heterocycles. The lowest BCUT2D eigenvalue weighted by molar-refractivity contribution is 0.158. The zero-order valence-corrected chi connectivity index (χ0v) is 10.0. The number of hydrogen-bond donors (Lipinski definition) is 1. The Labute approximate surface area is 100 Å². The maximum Gasteiger partial charge on any atom is 0.165 e. The van der Waals surface area contributed by atoms with E-state index in [9.17, 15) is 9.50 Å². The summed E-state index contributed by atoms with van der Waals surface area (Å²) in [4.78, 5) is 0. The van der Waals surface area contributed by atoms with Gasteiger partial charge in [0.1, 0.15) is 17.6 Å². The van der Waals surface area contributed by atoms with Crippen molar-refractivity contribution in [3.63, 3.8) is 0 Å². The van der Waals surface area contributed by atoms with E-state index in [1.165, 1.54) is 6.07 Å². The molecule has 0 aliphatic carbocycles. The number of hydrogen-bond acceptors (Lipinski definition) is 3. The third-order valence-electron chi connectivity index (χ3n) is 2.17. The van der Waals surface area contributed by atoms with Crippen LogP contribution in [0.4, 0.5) is 4.39 Å². The highest BCUT2D eigenvalue weighted by Crippen LogP contribution is 2.28. The smallest absolute Gasteiger partial charge is 0.165 e. The monoisotopic (exact) mass is 285 g/mol. The first kappa shape index (κ1) is 11.3. The van der Waals surface area contributed by atoms with Crippen LogP contribution in [-0.4, -0.2) is 10.3 Å². The fourth-order valence-corrected chi connectivity index (χ4v) is 1.68. The first-order valence-corrected chi connectivity index (χ1v) is 5.48. The summed E-state index contributed by atoms with van der Waals surface area (Å²) in [6.07, 6.45) is -0.753. The van der Waals surface area contributed by atoms with Crippen LogP contribution in [0.3, 0.4) is 0 Å². The molecule has 0 spiro atoms. The van der Waals surface area contributed by atoms with Crippen LogP contribution in [0, 0.1) is 5.82 Å². The number of aromatic nitrogens is 1. The standard InChI is InChI=1S/C11H9BrFNO2/c1-6(15)10-5-9(14-16-10)7-3-2-4-8(12)11(7)13/h2-6,15H,1H3. The average molecular weight is 286 g/mol. The van der Waals surface area contributed by atoms with Crippen LogP contribution in [0.15, 0.2) is 33.3 Å². The first-order chi connectivity index (χ1) is 7.59.